The molecular weight excluding hydrogens is 272 g/mol. The minimum absolute atomic E-state index is 0.910. The van der Waals surface area contributed by atoms with Crippen LogP contribution in [0.4, 0.5) is 0 Å². The summed E-state index contributed by atoms with van der Waals surface area (Å²) in [5, 5.41) is 0. The van der Waals surface area contributed by atoms with Gasteiger partial charge in [0.25, 0.3) is 0 Å². The van der Waals surface area contributed by atoms with E-state index >= 15 is 0 Å². The van der Waals surface area contributed by atoms with Crippen LogP contribution in [0, 0.1) is 11.8 Å². The molecule has 0 nitrogen and oxygen atoms in total. The monoisotopic (exact) mass is 308 g/mol. The first kappa shape index (κ1) is 17.4. The van der Waals surface area contributed by atoms with E-state index in [9.17, 15) is 0 Å². The Hall–Kier alpha value is 0.0900. The molecule has 21 heavy (non-hydrogen) atoms. The molecule has 1 aliphatic carbocycles. The van der Waals surface area contributed by atoms with Crippen LogP contribution in [0.5, 0.6) is 0 Å². The zero-order chi connectivity index (χ0) is 14.9. The molecule has 0 radical (unpaired) electrons. The predicted octanol–water partition coefficient (Wildman–Crippen LogP) is 7.34. The molecule has 0 saturated heterocycles. The van der Waals surface area contributed by atoms with Crippen molar-refractivity contribution in [1.29, 1.82) is 0 Å². The quantitative estimate of drug-likeness (QED) is 0.523. The van der Waals surface area contributed by atoms with E-state index in [1.165, 1.54) is 89.2 Å². The van der Waals surface area contributed by atoms with E-state index < -0.39 is 0 Å². The summed E-state index contributed by atoms with van der Waals surface area (Å²) >= 11 is 2.25. The van der Waals surface area contributed by atoms with E-state index in [0.29, 0.717) is 0 Å². The smallest absolute Gasteiger partial charge is 0.00201 e. The van der Waals surface area contributed by atoms with Gasteiger partial charge in [-0.2, -0.15) is 0 Å². The van der Waals surface area contributed by atoms with Crippen LogP contribution in [-0.4, -0.2) is 5.75 Å². The van der Waals surface area contributed by atoms with Gasteiger partial charge in [-0.15, -0.1) is 11.8 Å². The molecule has 1 heteroatoms. The average molecular weight is 309 g/mol. The lowest BCUT2D eigenvalue weighted by atomic mass is 9.83. The van der Waals surface area contributed by atoms with Crippen molar-refractivity contribution >= 4 is 11.8 Å². The molecule has 0 spiro atoms. The summed E-state index contributed by atoms with van der Waals surface area (Å²) in [7, 11) is 0. The van der Waals surface area contributed by atoms with Crippen LogP contribution in [0.15, 0.2) is 10.5 Å². The Labute approximate surface area is 137 Å². The summed E-state index contributed by atoms with van der Waals surface area (Å²) in [4.78, 5) is 1.88. The van der Waals surface area contributed by atoms with Gasteiger partial charge in [0.15, 0.2) is 0 Å². The topological polar surface area (TPSA) is 0 Å². The number of hydrogen-bond donors (Lipinski definition) is 0. The van der Waals surface area contributed by atoms with Crippen LogP contribution >= 0.6 is 11.8 Å². The maximum absolute atomic E-state index is 2.38. The second-order valence-electron chi connectivity index (χ2n) is 7.16. The van der Waals surface area contributed by atoms with Crippen molar-refractivity contribution in [1.82, 2.24) is 0 Å². The maximum Gasteiger partial charge on any atom is -0.00201 e. The Kier molecular flexibility index (Phi) is 8.29. The molecule has 2 unspecified atom stereocenters. The number of hydrogen-bond acceptors (Lipinski definition) is 1. The molecule has 0 fully saturated rings. The van der Waals surface area contributed by atoms with Crippen molar-refractivity contribution in [3.05, 3.63) is 10.5 Å². The van der Waals surface area contributed by atoms with Crippen molar-refractivity contribution in [2.45, 2.75) is 97.3 Å². The van der Waals surface area contributed by atoms with Gasteiger partial charge in [-0.25, -0.2) is 0 Å². The van der Waals surface area contributed by atoms with E-state index in [1.807, 2.05) is 10.5 Å². The van der Waals surface area contributed by atoms with Crippen LogP contribution in [0.25, 0.3) is 0 Å². The average Bonchev–Trinajstić information content (AvgIpc) is 2.54. The van der Waals surface area contributed by atoms with Crippen LogP contribution in [-0.2, 0) is 0 Å². The highest BCUT2D eigenvalue weighted by atomic mass is 32.2. The van der Waals surface area contributed by atoms with Gasteiger partial charge < -0.3 is 0 Å². The van der Waals surface area contributed by atoms with E-state index in [2.05, 4.69) is 25.6 Å². The van der Waals surface area contributed by atoms with Crippen molar-refractivity contribution in [2.24, 2.45) is 11.8 Å². The Morgan fingerprint density at radius 1 is 0.810 bits per heavy atom. The highest BCUT2D eigenvalue weighted by molar-refractivity contribution is 8.03. The summed E-state index contributed by atoms with van der Waals surface area (Å²) in [5.74, 6) is 3.22. The first-order valence-electron chi connectivity index (χ1n) is 9.72. The number of rotatable bonds is 4. The van der Waals surface area contributed by atoms with Crippen LogP contribution in [0.1, 0.15) is 97.3 Å². The molecule has 0 aromatic carbocycles. The molecule has 2 aliphatic rings. The lowest BCUT2D eigenvalue weighted by molar-refractivity contribution is 0.457. The first-order valence-corrected chi connectivity index (χ1v) is 10.7. The second-order valence-corrected chi connectivity index (χ2v) is 8.29. The third-order valence-electron chi connectivity index (χ3n) is 5.41. The lowest BCUT2D eigenvalue weighted by Gasteiger charge is -2.31. The maximum atomic E-state index is 2.38. The molecule has 1 heterocycles. The van der Waals surface area contributed by atoms with Gasteiger partial charge in [-0.3, -0.25) is 0 Å². The van der Waals surface area contributed by atoms with Gasteiger partial charge in [0.2, 0.25) is 0 Å². The minimum atomic E-state index is 0.910. The van der Waals surface area contributed by atoms with E-state index in [-0.39, 0.29) is 0 Å². The Bertz CT molecular complexity index is 288. The van der Waals surface area contributed by atoms with Gasteiger partial charge in [0.1, 0.15) is 0 Å². The molecule has 122 valence electrons. The summed E-state index contributed by atoms with van der Waals surface area (Å²) in [5.41, 5.74) is 1.92. The standard InChI is InChI=1S/C20H36S/c1-3-11-17-13-8-6-5-7-9-14-18(12-4-2)20-19(17)15-10-16-21-20/h17-18H,3-16H2,1-2H3. The van der Waals surface area contributed by atoms with Gasteiger partial charge >= 0.3 is 0 Å². The number of thioether (sulfide) groups is 1. The first-order chi connectivity index (χ1) is 10.4. The van der Waals surface area contributed by atoms with Gasteiger partial charge in [0.05, 0.1) is 0 Å². The van der Waals surface area contributed by atoms with E-state index in [0.717, 1.165) is 11.8 Å². The van der Waals surface area contributed by atoms with Crippen LogP contribution in [0.3, 0.4) is 0 Å². The third-order valence-corrected chi connectivity index (χ3v) is 6.81. The summed E-state index contributed by atoms with van der Waals surface area (Å²) in [6.07, 6.45) is 18.8. The molecular formula is C20H36S. The van der Waals surface area contributed by atoms with Crippen molar-refractivity contribution in [3.8, 4) is 0 Å². The SMILES string of the molecule is CCCC1CCCCCCCC(CCC)C2=C1CCCS2. The zero-order valence-electron chi connectivity index (χ0n) is 14.5. The van der Waals surface area contributed by atoms with E-state index in [1.54, 1.807) is 0 Å². The summed E-state index contributed by atoms with van der Waals surface area (Å²) < 4.78 is 0. The predicted molar refractivity (Wildman–Crippen MR) is 97.8 cm³/mol. The fraction of sp³-hybridized carbons (Fsp3) is 0.900. The highest BCUT2D eigenvalue weighted by Gasteiger charge is 2.26. The largest absolute Gasteiger partial charge is 0.130 e. The zero-order valence-corrected chi connectivity index (χ0v) is 15.3. The fourth-order valence-corrected chi connectivity index (χ4v) is 5.79. The molecule has 0 N–H and O–H groups in total. The van der Waals surface area contributed by atoms with Gasteiger partial charge in [0, 0.05) is 0 Å². The molecule has 0 amide bonds. The molecule has 2 atom stereocenters. The number of allylic oxidation sites excluding steroid dienone is 2. The second kappa shape index (κ2) is 9.98. The molecule has 2 rings (SSSR count). The normalized spacial score (nSPS) is 28.9. The lowest BCUT2D eigenvalue weighted by Crippen LogP contribution is -2.15. The summed E-state index contributed by atoms with van der Waals surface area (Å²) in [6.45, 7) is 4.76. The van der Waals surface area contributed by atoms with Crippen LogP contribution in [0.2, 0.25) is 0 Å². The van der Waals surface area contributed by atoms with Crippen LogP contribution < -0.4 is 0 Å². The molecule has 0 aromatic heterocycles. The third kappa shape index (κ3) is 5.34. The molecule has 0 aromatic rings. The minimum Gasteiger partial charge on any atom is -0.130 e. The Morgan fingerprint density at radius 3 is 2.14 bits per heavy atom. The van der Waals surface area contributed by atoms with Crippen molar-refractivity contribution in [3.63, 3.8) is 0 Å². The Balaban J connectivity index is 2.23. The highest BCUT2D eigenvalue weighted by Crippen LogP contribution is 2.44. The van der Waals surface area contributed by atoms with E-state index in [4.69, 9.17) is 0 Å². The van der Waals surface area contributed by atoms with Gasteiger partial charge in [-0.05, 0) is 61.0 Å². The fourth-order valence-electron chi connectivity index (χ4n) is 4.35. The Morgan fingerprint density at radius 2 is 1.43 bits per heavy atom. The van der Waals surface area contributed by atoms with Gasteiger partial charge in [-0.1, -0.05) is 64.4 Å². The molecule has 0 bridgehead atoms. The molecule has 0 saturated carbocycles. The summed E-state index contributed by atoms with van der Waals surface area (Å²) in [6, 6.07) is 0. The van der Waals surface area contributed by atoms with Crippen molar-refractivity contribution in [2.75, 3.05) is 5.75 Å². The molecule has 1 aliphatic heterocycles. The van der Waals surface area contributed by atoms with Crippen molar-refractivity contribution < 1.29 is 0 Å².